The van der Waals surface area contributed by atoms with Crippen LogP contribution in [0.4, 0.5) is 0 Å². The van der Waals surface area contributed by atoms with Gasteiger partial charge in [-0.25, -0.2) is 0 Å². The second-order valence-corrected chi connectivity index (χ2v) is 2.45. The molecule has 0 radical (unpaired) electrons. The van der Waals surface area contributed by atoms with Crippen molar-refractivity contribution in [2.45, 2.75) is 25.4 Å². The minimum Gasteiger partial charge on any atom is -0.411 e. The molecule has 0 aliphatic heterocycles. The van der Waals surface area contributed by atoms with Crippen LogP contribution in [-0.2, 0) is 0 Å². The van der Waals surface area contributed by atoms with Crippen molar-refractivity contribution in [2.75, 3.05) is 0 Å². The molecule has 1 aliphatic rings. The van der Waals surface area contributed by atoms with Gasteiger partial charge in [0.2, 0.25) is 0 Å². The van der Waals surface area contributed by atoms with Crippen LogP contribution in [0.1, 0.15) is 19.3 Å². The summed E-state index contributed by atoms with van der Waals surface area (Å²) in [6.45, 7) is 0. The number of rotatable bonds is 1. The molecule has 10 heavy (non-hydrogen) atoms. The molecular formula is C7H11NO2. The van der Waals surface area contributed by atoms with E-state index < -0.39 is 0 Å². The van der Waals surface area contributed by atoms with Crippen LogP contribution < -0.4 is 0 Å². The summed E-state index contributed by atoms with van der Waals surface area (Å²) in [5, 5.41) is 20.1. The molecule has 0 bridgehead atoms. The van der Waals surface area contributed by atoms with Crippen LogP contribution in [0.5, 0.6) is 0 Å². The Kier molecular flexibility index (Phi) is 2.45. The van der Waals surface area contributed by atoms with Crippen molar-refractivity contribution in [3.63, 3.8) is 0 Å². The van der Waals surface area contributed by atoms with Gasteiger partial charge in [-0.2, -0.15) is 0 Å². The molecule has 0 spiro atoms. The monoisotopic (exact) mass is 141 g/mol. The van der Waals surface area contributed by atoms with Gasteiger partial charge in [0.25, 0.3) is 0 Å². The average Bonchev–Trinajstić information content (AvgIpc) is 1.95. The van der Waals surface area contributed by atoms with E-state index in [1.54, 1.807) is 0 Å². The number of hydrogen-bond acceptors (Lipinski definition) is 3. The number of oxime groups is 1. The predicted molar refractivity (Wildman–Crippen MR) is 38.2 cm³/mol. The zero-order valence-corrected chi connectivity index (χ0v) is 5.70. The molecule has 0 fully saturated rings. The van der Waals surface area contributed by atoms with E-state index in [0.29, 0.717) is 6.42 Å². The van der Waals surface area contributed by atoms with Crippen molar-refractivity contribution < 1.29 is 10.3 Å². The van der Waals surface area contributed by atoms with Gasteiger partial charge in [0.15, 0.2) is 0 Å². The molecule has 0 amide bonds. The molecule has 0 aromatic heterocycles. The Morgan fingerprint density at radius 1 is 1.70 bits per heavy atom. The first-order valence-electron chi connectivity index (χ1n) is 3.37. The number of allylic oxidation sites excluding steroid dienone is 1. The van der Waals surface area contributed by atoms with Gasteiger partial charge in [-0.05, 0) is 24.8 Å². The highest BCUT2D eigenvalue weighted by Crippen LogP contribution is 2.15. The Hall–Kier alpha value is -0.830. The molecule has 1 rings (SSSR count). The third-order valence-corrected chi connectivity index (χ3v) is 1.64. The standard InChI is InChI=1S/C7H11NO2/c9-7-3-1-6(2-4-7)5-8-10/h1,5,7,9-10H,2-4H2. The van der Waals surface area contributed by atoms with E-state index in [2.05, 4.69) is 5.16 Å². The quantitative estimate of drug-likeness (QED) is 0.324. The van der Waals surface area contributed by atoms with E-state index in [-0.39, 0.29) is 6.10 Å². The van der Waals surface area contributed by atoms with Crippen LogP contribution in [0.15, 0.2) is 16.8 Å². The zero-order valence-electron chi connectivity index (χ0n) is 5.70. The van der Waals surface area contributed by atoms with Gasteiger partial charge in [0.05, 0.1) is 12.3 Å². The molecule has 1 aliphatic carbocycles. The maximum absolute atomic E-state index is 9.04. The van der Waals surface area contributed by atoms with E-state index in [0.717, 1.165) is 18.4 Å². The minimum atomic E-state index is -0.198. The minimum absolute atomic E-state index is 0.198. The summed E-state index contributed by atoms with van der Waals surface area (Å²) in [4.78, 5) is 0. The van der Waals surface area contributed by atoms with Gasteiger partial charge in [0.1, 0.15) is 0 Å². The van der Waals surface area contributed by atoms with Gasteiger partial charge in [0, 0.05) is 0 Å². The van der Waals surface area contributed by atoms with Crippen molar-refractivity contribution in [3.8, 4) is 0 Å². The van der Waals surface area contributed by atoms with Crippen LogP contribution in [-0.4, -0.2) is 22.6 Å². The van der Waals surface area contributed by atoms with Gasteiger partial charge in [-0.1, -0.05) is 11.2 Å². The predicted octanol–water partition coefficient (Wildman–Crippen LogP) is 0.918. The lowest BCUT2D eigenvalue weighted by Gasteiger charge is -2.13. The number of hydrogen-bond donors (Lipinski definition) is 2. The summed E-state index contributed by atoms with van der Waals surface area (Å²) >= 11 is 0. The molecule has 0 heterocycles. The second kappa shape index (κ2) is 3.37. The fraction of sp³-hybridized carbons (Fsp3) is 0.571. The number of aliphatic hydroxyl groups excluding tert-OH is 1. The average molecular weight is 141 g/mol. The smallest absolute Gasteiger partial charge is 0.0690 e. The van der Waals surface area contributed by atoms with Crippen molar-refractivity contribution >= 4 is 6.21 Å². The normalized spacial score (nSPS) is 26.9. The maximum atomic E-state index is 9.04. The Bertz CT molecular complexity index is 163. The van der Waals surface area contributed by atoms with Crippen LogP contribution in [0.2, 0.25) is 0 Å². The number of nitrogens with zero attached hydrogens (tertiary/aromatic N) is 1. The summed E-state index contributed by atoms with van der Waals surface area (Å²) in [6.07, 6.45) is 5.39. The van der Waals surface area contributed by atoms with Gasteiger partial charge in [-0.3, -0.25) is 0 Å². The Balaban J connectivity index is 2.48. The first-order chi connectivity index (χ1) is 4.83. The van der Waals surface area contributed by atoms with Crippen LogP contribution in [0, 0.1) is 0 Å². The molecule has 56 valence electrons. The summed E-state index contributed by atoms with van der Waals surface area (Å²) in [6, 6.07) is 0. The molecule has 0 aromatic carbocycles. The first kappa shape index (κ1) is 7.28. The summed E-state index contributed by atoms with van der Waals surface area (Å²) in [5.74, 6) is 0. The number of aliphatic hydroxyl groups is 1. The van der Waals surface area contributed by atoms with Crippen LogP contribution >= 0.6 is 0 Å². The second-order valence-electron chi connectivity index (χ2n) is 2.45. The molecule has 0 saturated carbocycles. The van der Waals surface area contributed by atoms with E-state index in [9.17, 15) is 0 Å². The molecule has 1 unspecified atom stereocenters. The molecular weight excluding hydrogens is 130 g/mol. The van der Waals surface area contributed by atoms with Gasteiger partial charge < -0.3 is 10.3 Å². The van der Waals surface area contributed by atoms with E-state index >= 15 is 0 Å². The maximum Gasteiger partial charge on any atom is 0.0690 e. The highest BCUT2D eigenvalue weighted by Gasteiger charge is 2.09. The lowest BCUT2D eigenvalue weighted by Crippen LogP contribution is -2.10. The third kappa shape index (κ3) is 1.84. The fourth-order valence-corrected chi connectivity index (χ4v) is 1.03. The summed E-state index contributed by atoms with van der Waals surface area (Å²) in [7, 11) is 0. The Morgan fingerprint density at radius 2 is 2.50 bits per heavy atom. The molecule has 2 N–H and O–H groups in total. The van der Waals surface area contributed by atoms with E-state index in [1.807, 2.05) is 6.08 Å². The van der Waals surface area contributed by atoms with Gasteiger partial charge >= 0.3 is 0 Å². The lowest BCUT2D eigenvalue weighted by molar-refractivity contribution is 0.163. The van der Waals surface area contributed by atoms with Crippen LogP contribution in [0.25, 0.3) is 0 Å². The summed E-state index contributed by atoms with van der Waals surface area (Å²) < 4.78 is 0. The third-order valence-electron chi connectivity index (χ3n) is 1.64. The van der Waals surface area contributed by atoms with Crippen molar-refractivity contribution in [3.05, 3.63) is 11.6 Å². The Morgan fingerprint density at radius 3 is 3.00 bits per heavy atom. The lowest BCUT2D eigenvalue weighted by atomic mass is 9.98. The molecule has 0 aromatic rings. The summed E-state index contributed by atoms with van der Waals surface area (Å²) in [5.41, 5.74) is 1.01. The first-order valence-corrected chi connectivity index (χ1v) is 3.37. The SMILES string of the molecule is ON=CC1=CCC(O)CC1. The van der Waals surface area contributed by atoms with Crippen LogP contribution in [0.3, 0.4) is 0 Å². The zero-order chi connectivity index (χ0) is 7.40. The fourth-order valence-electron chi connectivity index (χ4n) is 1.03. The Labute approximate surface area is 59.7 Å². The van der Waals surface area contributed by atoms with Gasteiger partial charge in [-0.15, -0.1) is 0 Å². The topological polar surface area (TPSA) is 52.8 Å². The molecule has 0 saturated heterocycles. The van der Waals surface area contributed by atoms with Crippen molar-refractivity contribution in [2.24, 2.45) is 5.16 Å². The van der Waals surface area contributed by atoms with E-state index in [4.69, 9.17) is 10.3 Å². The molecule has 3 nitrogen and oxygen atoms in total. The highest BCUT2D eigenvalue weighted by atomic mass is 16.4. The molecule has 3 heteroatoms. The van der Waals surface area contributed by atoms with E-state index in [1.165, 1.54) is 6.21 Å². The molecule has 1 atom stereocenters. The van der Waals surface area contributed by atoms with Crippen molar-refractivity contribution in [1.82, 2.24) is 0 Å². The highest BCUT2D eigenvalue weighted by molar-refractivity contribution is 5.78. The largest absolute Gasteiger partial charge is 0.411 e. The van der Waals surface area contributed by atoms with Crippen molar-refractivity contribution in [1.29, 1.82) is 0 Å².